The van der Waals surface area contributed by atoms with Crippen LogP contribution in [0.25, 0.3) is 0 Å². The Labute approximate surface area is 159 Å². The van der Waals surface area contributed by atoms with Crippen LogP contribution < -0.4 is 15.5 Å². The van der Waals surface area contributed by atoms with Crippen LogP contribution in [0.1, 0.15) is 40.6 Å². The Morgan fingerprint density at radius 2 is 1.74 bits per heavy atom. The van der Waals surface area contributed by atoms with E-state index in [1.165, 1.54) is 12.3 Å². The molecule has 2 amide bonds. The first kappa shape index (κ1) is 20.2. The zero-order valence-corrected chi connectivity index (χ0v) is 15.7. The molecule has 0 aliphatic rings. The number of benzene rings is 1. The topological polar surface area (TPSA) is 94.6 Å². The standard InChI is InChI=1S/C20H26N4O3/c1-3-4-14-24(2)16-9-7-15(8-10-16)19(26)22-12-13-23-20(27)18-17(25)6-5-11-21-18/h5-11,25H,3-4,12-14H2,1-2H3,(H,22,26)(H,23,27). The lowest BCUT2D eigenvalue weighted by Crippen LogP contribution is -2.35. The van der Waals surface area contributed by atoms with Crippen LogP contribution in [-0.4, -0.2) is 48.6 Å². The molecule has 0 aliphatic heterocycles. The van der Waals surface area contributed by atoms with Crippen LogP contribution in [0, 0.1) is 0 Å². The number of pyridine rings is 1. The third-order valence-corrected chi connectivity index (χ3v) is 4.11. The van der Waals surface area contributed by atoms with E-state index in [1.807, 2.05) is 19.2 Å². The van der Waals surface area contributed by atoms with Gasteiger partial charge in [-0.25, -0.2) is 4.98 Å². The molecule has 0 radical (unpaired) electrons. The lowest BCUT2D eigenvalue weighted by Gasteiger charge is -2.19. The van der Waals surface area contributed by atoms with Crippen LogP contribution in [0.5, 0.6) is 5.75 Å². The van der Waals surface area contributed by atoms with Gasteiger partial charge in [-0.05, 0) is 42.8 Å². The van der Waals surface area contributed by atoms with E-state index in [0.29, 0.717) is 5.56 Å². The minimum absolute atomic E-state index is 0.0355. The highest BCUT2D eigenvalue weighted by atomic mass is 16.3. The molecule has 0 fully saturated rings. The summed E-state index contributed by atoms with van der Waals surface area (Å²) >= 11 is 0. The van der Waals surface area contributed by atoms with Gasteiger partial charge in [0.1, 0.15) is 5.75 Å². The van der Waals surface area contributed by atoms with Gasteiger partial charge >= 0.3 is 0 Å². The molecule has 0 spiro atoms. The molecule has 3 N–H and O–H groups in total. The van der Waals surface area contributed by atoms with Crippen molar-refractivity contribution < 1.29 is 14.7 Å². The molecule has 7 nitrogen and oxygen atoms in total. The summed E-state index contributed by atoms with van der Waals surface area (Å²) in [4.78, 5) is 30.1. The van der Waals surface area contributed by atoms with E-state index in [1.54, 1.807) is 18.2 Å². The van der Waals surface area contributed by atoms with E-state index in [2.05, 4.69) is 27.4 Å². The molecule has 0 saturated heterocycles. The molecule has 0 aliphatic carbocycles. The van der Waals surface area contributed by atoms with E-state index in [9.17, 15) is 14.7 Å². The number of nitrogens with zero attached hydrogens (tertiary/aromatic N) is 2. The fourth-order valence-corrected chi connectivity index (χ4v) is 2.50. The van der Waals surface area contributed by atoms with E-state index in [0.717, 1.165) is 25.1 Å². The Morgan fingerprint density at radius 3 is 2.37 bits per heavy atom. The Balaban J connectivity index is 1.77. The minimum Gasteiger partial charge on any atom is -0.505 e. The maximum atomic E-state index is 12.2. The molecule has 1 heterocycles. The van der Waals surface area contributed by atoms with E-state index >= 15 is 0 Å². The summed E-state index contributed by atoms with van der Waals surface area (Å²) in [6.45, 7) is 3.64. The Kier molecular flexibility index (Phi) is 7.61. The van der Waals surface area contributed by atoms with Crippen molar-refractivity contribution in [3.05, 3.63) is 53.9 Å². The number of hydrogen-bond donors (Lipinski definition) is 3. The molecule has 27 heavy (non-hydrogen) atoms. The second kappa shape index (κ2) is 10.2. The zero-order chi connectivity index (χ0) is 19.6. The molecule has 144 valence electrons. The number of hydrogen-bond acceptors (Lipinski definition) is 5. The van der Waals surface area contributed by atoms with Gasteiger partial charge in [0.2, 0.25) is 0 Å². The maximum Gasteiger partial charge on any atom is 0.273 e. The molecule has 1 aromatic heterocycles. The lowest BCUT2D eigenvalue weighted by atomic mass is 10.2. The molecule has 2 aromatic rings. The molecule has 0 bridgehead atoms. The van der Waals surface area contributed by atoms with E-state index in [-0.39, 0.29) is 30.4 Å². The average Bonchev–Trinajstić information content (AvgIpc) is 2.69. The van der Waals surface area contributed by atoms with E-state index in [4.69, 9.17) is 0 Å². The predicted octanol–water partition coefficient (Wildman–Crippen LogP) is 2.18. The van der Waals surface area contributed by atoms with Crippen LogP contribution >= 0.6 is 0 Å². The van der Waals surface area contributed by atoms with Gasteiger partial charge in [0.25, 0.3) is 11.8 Å². The van der Waals surface area contributed by atoms with Gasteiger partial charge in [-0.2, -0.15) is 0 Å². The second-order valence-corrected chi connectivity index (χ2v) is 6.20. The normalized spacial score (nSPS) is 10.3. The monoisotopic (exact) mass is 370 g/mol. The van der Waals surface area contributed by atoms with Crippen LogP contribution in [0.3, 0.4) is 0 Å². The van der Waals surface area contributed by atoms with E-state index < -0.39 is 5.91 Å². The molecular formula is C20H26N4O3. The summed E-state index contributed by atoms with van der Waals surface area (Å²) in [5.41, 5.74) is 1.60. The Morgan fingerprint density at radius 1 is 1.07 bits per heavy atom. The highest BCUT2D eigenvalue weighted by Crippen LogP contribution is 2.14. The summed E-state index contributed by atoms with van der Waals surface area (Å²) in [7, 11) is 2.03. The number of carbonyl (C=O) groups is 2. The fraction of sp³-hybridized carbons (Fsp3) is 0.350. The number of unbranched alkanes of at least 4 members (excludes halogenated alkanes) is 1. The van der Waals surface area contributed by atoms with Crippen LogP contribution in [0.4, 0.5) is 5.69 Å². The second-order valence-electron chi connectivity index (χ2n) is 6.20. The fourth-order valence-electron chi connectivity index (χ4n) is 2.50. The molecule has 1 aromatic carbocycles. The lowest BCUT2D eigenvalue weighted by molar-refractivity contribution is 0.0923. The minimum atomic E-state index is -0.484. The number of rotatable bonds is 9. The highest BCUT2D eigenvalue weighted by Gasteiger charge is 2.11. The average molecular weight is 370 g/mol. The number of aromatic nitrogens is 1. The van der Waals surface area contributed by atoms with Crippen LogP contribution in [0.2, 0.25) is 0 Å². The maximum absolute atomic E-state index is 12.2. The Bertz CT molecular complexity index is 762. The SMILES string of the molecule is CCCCN(C)c1ccc(C(=O)NCCNC(=O)c2ncccc2O)cc1. The van der Waals surface area contributed by atoms with Crippen molar-refractivity contribution in [3.63, 3.8) is 0 Å². The Hall–Kier alpha value is -3.09. The van der Waals surface area contributed by atoms with Crippen molar-refractivity contribution in [2.75, 3.05) is 31.6 Å². The number of nitrogens with one attached hydrogen (secondary N) is 2. The van der Waals surface area contributed by atoms with Crippen molar-refractivity contribution in [2.24, 2.45) is 0 Å². The van der Waals surface area contributed by atoms with Crippen molar-refractivity contribution in [1.82, 2.24) is 15.6 Å². The van der Waals surface area contributed by atoms with Gasteiger partial charge in [-0.1, -0.05) is 13.3 Å². The zero-order valence-electron chi connectivity index (χ0n) is 15.7. The number of carbonyl (C=O) groups excluding carboxylic acids is 2. The van der Waals surface area contributed by atoms with Crippen LogP contribution in [0.15, 0.2) is 42.6 Å². The molecule has 0 saturated carbocycles. The summed E-state index contributed by atoms with van der Waals surface area (Å²) in [6.07, 6.45) is 3.70. The van der Waals surface area contributed by atoms with Gasteiger partial charge in [0.05, 0.1) is 0 Å². The quantitative estimate of drug-likeness (QED) is 0.588. The molecule has 7 heteroatoms. The number of aromatic hydroxyl groups is 1. The largest absolute Gasteiger partial charge is 0.505 e. The van der Waals surface area contributed by atoms with Crippen LogP contribution in [-0.2, 0) is 0 Å². The smallest absolute Gasteiger partial charge is 0.273 e. The van der Waals surface area contributed by atoms with Gasteiger partial charge in [-0.3, -0.25) is 9.59 Å². The van der Waals surface area contributed by atoms with Crippen molar-refractivity contribution in [2.45, 2.75) is 19.8 Å². The van der Waals surface area contributed by atoms with Crippen molar-refractivity contribution in [1.29, 1.82) is 0 Å². The molecule has 2 rings (SSSR count). The first-order chi connectivity index (χ1) is 13.0. The molecular weight excluding hydrogens is 344 g/mol. The highest BCUT2D eigenvalue weighted by molar-refractivity contribution is 5.95. The van der Waals surface area contributed by atoms with Crippen molar-refractivity contribution in [3.8, 4) is 5.75 Å². The van der Waals surface area contributed by atoms with Gasteiger partial charge in [0, 0.05) is 44.1 Å². The summed E-state index contributed by atoms with van der Waals surface area (Å²) in [5, 5.41) is 14.9. The summed E-state index contributed by atoms with van der Waals surface area (Å²) in [5.74, 6) is -0.863. The summed E-state index contributed by atoms with van der Waals surface area (Å²) < 4.78 is 0. The first-order valence-corrected chi connectivity index (χ1v) is 9.04. The predicted molar refractivity (Wildman–Crippen MR) is 105 cm³/mol. The number of anilines is 1. The third kappa shape index (κ3) is 5.99. The van der Waals surface area contributed by atoms with Crippen molar-refractivity contribution >= 4 is 17.5 Å². The van der Waals surface area contributed by atoms with Gasteiger partial charge in [-0.15, -0.1) is 0 Å². The summed E-state index contributed by atoms with van der Waals surface area (Å²) in [6, 6.07) is 10.4. The molecule has 0 atom stereocenters. The third-order valence-electron chi connectivity index (χ3n) is 4.11. The molecule has 0 unspecified atom stereocenters. The number of amides is 2. The van der Waals surface area contributed by atoms with Gasteiger partial charge in [0.15, 0.2) is 5.69 Å². The first-order valence-electron chi connectivity index (χ1n) is 9.04. The van der Waals surface area contributed by atoms with Gasteiger partial charge < -0.3 is 20.6 Å².